The van der Waals surface area contributed by atoms with Crippen molar-refractivity contribution in [1.29, 1.82) is 0 Å². The number of hydrogen-bond acceptors (Lipinski definition) is 9. The topological polar surface area (TPSA) is 149 Å². The Hall–Kier alpha value is -2.07. The number of allylic oxidation sites excluding steroid dienone is 8. The van der Waals surface area contributed by atoms with E-state index in [0.717, 1.165) is 70.6 Å². The molecular weight excluding hydrogens is 755 g/mol. The molecule has 0 saturated carbocycles. The number of carbonyl (C=O) groups excluding carboxylic acids is 2. The molecule has 11 heteroatoms. The van der Waals surface area contributed by atoms with Gasteiger partial charge in [0, 0.05) is 12.8 Å². The number of rotatable bonds is 43. The lowest BCUT2D eigenvalue weighted by Crippen LogP contribution is -2.29. The highest BCUT2D eigenvalue weighted by Gasteiger charge is 2.27. The maximum atomic E-state index is 12.6. The molecule has 10 nitrogen and oxygen atoms in total. The number of hydrogen-bond donors (Lipinski definition) is 3. The van der Waals surface area contributed by atoms with E-state index in [4.69, 9.17) is 23.6 Å². The molecule has 3 atom stereocenters. The second kappa shape index (κ2) is 43.0. The number of ether oxygens (including phenoxy) is 2. The normalized spacial score (nSPS) is 14.2. The molecule has 0 bridgehead atoms. The van der Waals surface area contributed by atoms with Gasteiger partial charge < -0.3 is 24.6 Å². The molecule has 0 aliphatic carbocycles. The molecule has 3 unspecified atom stereocenters. The van der Waals surface area contributed by atoms with Crippen LogP contribution in [-0.4, -0.2) is 65.7 Å². The van der Waals surface area contributed by atoms with Crippen LogP contribution in [0.25, 0.3) is 0 Å². The van der Waals surface area contributed by atoms with Crippen molar-refractivity contribution in [2.45, 2.75) is 212 Å². The predicted octanol–water partition coefficient (Wildman–Crippen LogP) is 12.5. The Morgan fingerprint density at radius 1 is 0.534 bits per heavy atom. The van der Waals surface area contributed by atoms with Gasteiger partial charge in [0.25, 0.3) is 0 Å². The number of aliphatic hydroxyl groups is 2. The van der Waals surface area contributed by atoms with E-state index in [-0.39, 0.29) is 19.4 Å². The van der Waals surface area contributed by atoms with Gasteiger partial charge >= 0.3 is 19.8 Å². The van der Waals surface area contributed by atoms with Crippen LogP contribution in [0.1, 0.15) is 200 Å². The highest BCUT2D eigenvalue weighted by atomic mass is 31.2. The van der Waals surface area contributed by atoms with Crippen LogP contribution in [-0.2, 0) is 32.7 Å². The fourth-order valence-electron chi connectivity index (χ4n) is 6.22. The maximum absolute atomic E-state index is 12.6. The average molecular weight is 841 g/mol. The molecule has 0 aromatic heterocycles. The minimum atomic E-state index is -4.63. The van der Waals surface area contributed by atoms with Gasteiger partial charge in [-0.05, 0) is 51.4 Å². The van der Waals surface area contributed by atoms with E-state index < -0.39 is 51.8 Å². The number of unbranched alkanes of at least 4 members (excludes halogenated alkanes) is 21. The van der Waals surface area contributed by atoms with Gasteiger partial charge in [0.2, 0.25) is 0 Å². The molecule has 0 aromatic carbocycles. The molecule has 0 radical (unpaired) electrons. The monoisotopic (exact) mass is 841 g/mol. The van der Waals surface area contributed by atoms with Gasteiger partial charge in [0.05, 0.1) is 19.8 Å². The standard InChI is InChI=1S/C47H85O10P/c1-3-5-7-9-11-13-15-17-19-21-23-24-26-28-30-32-34-36-38-46(50)54-42-45(43-56-58(52,53)55-41-44(49)40-48)57-47(51)39-37-35-33-31-29-27-25-22-20-18-16-14-12-10-8-6-4-2/h6,8,12,14,18,20,25,27,44-45,48-49H,3-5,7,9-11,13,15-17,19,21-24,26,28-43H2,1-2H3,(H,52,53)/b8-6-,14-12-,20-18-,27-25-. The number of phosphoric ester groups is 1. The molecule has 0 aromatic rings. The molecule has 338 valence electrons. The first-order valence-electron chi connectivity index (χ1n) is 23.1. The SMILES string of the molecule is CC/C=C\C/C=C\C/C=C\C/C=C\CCCCCCC(=O)OC(COC(=O)CCCCCCCCCCCCCCCCCCCC)COP(=O)(O)OCC(O)CO. The Kier molecular flexibility index (Phi) is 41.5. The van der Waals surface area contributed by atoms with Gasteiger partial charge in [-0.3, -0.25) is 18.6 Å². The third-order valence-electron chi connectivity index (χ3n) is 9.75. The first-order valence-corrected chi connectivity index (χ1v) is 24.6. The van der Waals surface area contributed by atoms with Crippen molar-refractivity contribution in [3.05, 3.63) is 48.6 Å². The van der Waals surface area contributed by atoms with E-state index in [1.165, 1.54) is 89.9 Å². The number of phosphoric acid groups is 1. The highest BCUT2D eigenvalue weighted by Crippen LogP contribution is 2.43. The molecule has 0 rings (SSSR count). The van der Waals surface area contributed by atoms with Crippen LogP contribution >= 0.6 is 7.82 Å². The lowest BCUT2D eigenvalue weighted by Gasteiger charge is -2.20. The molecule has 0 aliphatic heterocycles. The largest absolute Gasteiger partial charge is 0.472 e. The van der Waals surface area contributed by atoms with Crippen LogP contribution in [0.4, 0.5) is 0 Å². The molecule has 0 saturated heterocycles. The summed E-state index contributed by atoms with van der Waals surface area (Å²) in [6.07, 6.45) is 46.5. The van der Waals surface area contributed by atoms with E-state index in [1.54, 1.807) is 0 Å². The van der Waals surface area contributed by atoms with E-state index >= 15 is 0 Å². The van der Waals surface area contributed by atoms with E-state index in [0.29, 0.717) is 12.8 Å². The van der Waals surface area contributed by atoms with Crippen LogP contribution in [0.15, 0.2) is 48.6 Å². The Morgan fingerprint density at radius 2 is 0.948 bits per heavy atom. The molecule has 0 spiro atoms. The summed E-state index contributed by atoms with van der Waals surface area (Å²) in [6, 6.07) is 0. The minimum absolute atomic E-state index is 0.156. The predicted molar refractivity (Wildman–Crippen MR) is 237 cm³/mol. The maximum Gasteiger partial charge on any atom is 0.472 e. The fraction of sp³-hybridized carbons (Fsp3) is 0.787. The van der Waals surface area contributed by atoms with Crippen molar-refractivity contribution in [1.82, 2.24) is 0 Å². The van der Waals surface area contributed by atoms with Crippen LogP contribution in [0.2, 0.25) is 0 Å². The highest BCUT2D eigenvalue weighted by molar-refractivity contribution is 7.47. The lowest BCUT2D eigenvalue weighted by atomic mass is 10.0. The summed E-state index contributed by atoms with van der Waals surface area (Å²) in [6.45, 7) is 2.26. The van der Waals surface area contributed by atoms with Crippen molar-refractivity contribution < 1.29 is 47.8 Å². The van der Waals surface area contributed by atoms with Crippen molar-refractivity contribution in [3.8, 4) is 0 Å². The zero-order valence-corrected chi connectivity index (χ0v) is 37.6. The Bertz CT molecular complexity index is 1110. The third kappa shape index (κ3) is 42.1. The fourth-order valence-corrected chi connectivity index (χ4v) is 7.01. The average Bonchev–Trinajstić information content (AvgIpc) is 3.21. The van der Waals surface area contributed by atoms with E-state index in [1.807, 2.05) is 0 Å². The summed E-state index contributed by atoms with van der Waals surface area (Å²) >= 11 is 0. The molecular formula is C47H85O10P. The van der Waals surface area contributed by atoms with Gasteiger partial charge in [-0.1, -0.05) is 184 Å². The van der Waals surface area contributed by atoms with Gasteiger partial charge in [-0.15, -0.1) is 0 Å². The summed E-state index contributed by atoms with van der Waals surface area (Å²) in [5, 5.41) is 18.4. The zero-order valence-electron chi connectivity index (χ0n) is 36.8. The third-order valence-corrected chi connectivity index (χ3v) is 10.7. The van der Waals surface area contributed by atoms with Gasteiger partial charge in [-0.2, -0.15) is 0 Å². The summed E-state index contributed by atoms with van der Waals surface area (Å²) in [5.74, 6) is -0.947. The summed E-state index contributed by atoms with van der Waals surface area (Å²) in [7, 11) is -4.63. The van der Waals surface area contributed by atoms with Crippen LogP contribution in [0.5, 0.6) is 0 Å². The van der Waals surface area contributed by atoms with Crippen molar-refractivity contribution in [3.63, 3.8) is 0 Å². The molecule has 0 fully saturated rings. The van der Waals surface area contributed by atoms with Gasteiger partial charge in [0.15, 0.2) is 6.10 Å². The second-order valence-corrected chi connectivity index (χ2v) is 16.9. The minimum Gasteiger partial charge on any atom is -0.462 e. The van der Waals surface area contributed by atoms with Crippen molar-refractivity contribution >= 4 is 19.8 Å². The number of esters is 2. The molecule has 3 N–H and O–H groups in total. The van der Waals surface area contributed by atoms with Crippen LogP contribution in [0, 0.1) is 0 Å². The lowest BCUT2D eigenvalue weighted by molar-refractivity contribution is -0.161. The molecule has 0 amide bonds. The summed E-state index contributed by atoms with van der Waals surface area (Å²) < 4.78 is 32.8. The first-order chi connectivity index (χ1) is 28.2. The smallest absolute Gasteiger partial charge is 0.462 e. The van der Waals surface area contributed by atoms with Crippen molar-refractivity contribution in [2.75, 3.05) is 26.4 Å². The Morgan fingerprint density at radius 3 is 1.43 bits per heavy atom. The summed E-state index contributed by atoms with van der Waals surface area (Å²) in [4.78, 5) is 35.1. The van der Waals surface area contributed by atoms with Crippen molar-refractivity contribution in [2.24, 2.45) is 0 Å². The van der Waals surface area contributed by atoms with Crippen LogP contribution in [0.3, 0.4) is 0 Å². The van der Waals surface area contributed by atoms with Crippen LogP contribution < -0.4 is 0 Å². The Balaban J connectivity index is 4.28. The number of carbonyl (C=O) groups is 2. The second-order valence-electron chi connectivity index (χ2n) is 15.4. The quantitative estimate of drug-likeness (QED) is 0.0234. The molecule has 0 heterocycles. The van der Waals surface area contributed by atoms with E-state index in [9.17, 15) is 24.2 Å². The molecule has 0 aliphatic rings. The van der Waals surface area contributed by atoms with E-state index in [2.05, 4.69) is 62.5 Å². The van der Waals surface area contributed by atoms with Gasteiger partial charge in [0.1, 0.15) is 12.7 Å². The summed E-state index contributed by atoms with van der Waals surface area (Å²) in [5.41, 5.74) is 0. The Labute approximate surface area is 353 Å². The zero-order chi connectivity index (χ0) is 42.6. The first kappa shape index (κ1) is 55.9. The molecule has 58 heavy (non-hydrogen) atoms. The number of aliphatic hydroxyl groups excluding tert-OH is 2. The van der Waals surface area contributed by atoms with Gasteiger partial charge in [-0.25, -0.2) is 4.57 Å².